The predicted octanol–water partition coefficient (Wildman–Crippen LogP) is 3.43. The zero-order valence-corrected chi connectivity index (χ0v) is 14.7. The maximum atomic E-state index is 12.1. The maximum absolute atomic E-state index is 12.1. The summed E-state index contributed by atoms with van der Waals surface area (Å²) in [4.78, 5) is 12.1. The van der Waals surface area contributed by atoms with Crippen LogP contribution >= 0.6 is 12.4 Å². The number of halogens is 1. The van der Waals surface area contributed by atoms with Crippen LogP contribution < -0.4 is 11.1 Å². The van der Waals surface area contributed by atoms with Crippen molar-refractivity contribution < 1.29 is 9.21 Å². The fourth-order valence-corrected chi connectivity index (χ4v) is 2.30. The Bertz CT molecular complexity index is 633. The largest absolute Gasteiger partial charge is 0.467 e. The van der Waals surface area contributed by atoms with Crippen LogP contribution in [0.3, 0.4) is 0 Å². The summed E-state index contributed by atoms with van der Waals surface area (Å²) in [5.41, 5.74) is 8.38. The van der Waals surface area contributed by atoms with Gasteiger partial charge in [0.25, 0.3) is 5.91 Å². The predicted molar refractivity (Wildman–Crippen MR) is 95.0 cm³/mol. The number of aryl methyl sites for hydroxylation is 1. The number of carbonyl (C=O) groups is 1. The monoisotopic (exact) mass is 336 g/mol. The van der Waals surface area contributed by atoms with E-state index in [2.05, 4.69) is 50.4 Å². The second kappa shape index (κ2) is 8.18. The highest BCUT2D eigenvalue weighted by atomic mass is 35.5. The number of nitrogens with one attached hydrogen (secondary N) is 1. The van der Waals surface area contributed by atoms with Crippen LogP contribution in [-0.4, -0.2) is 12.5 Å². The highest BCUT2D eigenvalue weighted by Crippen LogP contribution is 2.23. The molecule has 0 aliphatic rings. The van der Waals surface area contributed by atoms with Crippen molar-refractivity contribution in [1.29, 1.82) is 0 Å². The summed E-state index contributed by atoms with van der Waals surface area (Å²) >= 11 is 0. The average Bonchev–Trinajstić information content (AvgIpc) is 3.02. The molecular formula is C18H25ClN2O2. The van der Waals surface area contributed by atoms with E-state index in [-0.39, 0.29) is 23.7 Å². The first-order chi connectivity index (χ1) is 10.5. The fourth-order valence-electron chi connectivity index (χ4n) is 2.30. The van der Waals surface area contributed by atoms with Crippen molar-refractivity contribution in [3.63, 3.8) is 0 Å². The van der Waals surface area contributed by atoms with Crippen molar-refractivity contribution in [1.82, 2.24) is 5.32 Å². The molecule has 2 aromatic rings. The third-order valence-electron chi connectivity index (χ3n) is 3.95. The molecule has 0 atom stereocenters. The molecule has 0 aliphatic heterocycles. The van der Waals surface area contributed by atoms with Gasteiger partial charge >= 0.3 is 0 Å². The molecule has 0 radical (unpaired) electrons. The molecule has 1 aromatic heterocycles. The summed E-state index contributed by atoms with van der Waals surface area (Å²) in [6, 6.07) is 10.2. The molecule has 1 heterocycles. The van der Waals surface area contributed by atoms with Gasteiger partial charge in [0.2, 0.25) is 0 Å². The van der Waals surface area contributed by atoms with E-state index < -0.39 is 0 Å². The summed E-state index contributed by atoms with van der Waals surface area (Å²) in [5.74, 6) is 0.473. The van der Waals surface area contributed by atoms with Crippen LogP contribution in [0.5, 0.6) is 0 Å². The van der Waals surface area contributed by atoms with E-state index in [1.165, 1.54) is 17.4 Å². The Balaban J connectivity index is 0.00000264. The molecule has 3 N–H and O–H groups in total. The van der Waals surface area contributed by atoms with Gasteiger partial charge in [-0.25, -0.2) is 0 Å². The van der Waals surface area contributed by atoms with Crippen molar-refractivity contribution >= 4 is 18.3 Å². The second-order valence-corrected chi connectivity index (χ2v) is 6.12. The lowest BCUT2D eigenvalue weighted by Gasteiger charge is -2.25. The normalized spacial score (nSPS) is 11.0. The highest BCUT2D eigenvalue weighted by molar-refractivity contribution is 5.94. The Morgan fingerprint density at radius 3 is 2.43 bits per heavy atom. The first-order valence-electron chi connectivity index (χ1n) is 7.61. The first kappa shape index (κ1) is 19.3. The molecule has 126 valence electrons. The van der Waals surface area contributed by atoms with Crippen LogP contribution in [0, 0.1) is 0 Å². The van der Waals surface area contributed by atoms with Crippen molar-refractivity contribution in [2.24, 2.45) is 5.73 Å². The van der Waals surface area contributed by atoms with E-state index >= 15 is 0 Å². The van der Waals surface area contributed by atoms with Crippen molar-refractivity contribution in [3.05, 3.63) is 59.0 Å². The van der Waals surface area contributed by atoms with Crippen LogP contribution in [0.25, 0.3) is 0 Å². The van der Waals surface area contributed by atoms with Gasteiger partial charge in [0.15, 0.2) is 0 Å². The molecule has 4 nitrogen and oxygen atoms in total. The first-order valence-corrected chi connectivity index (χ1v) is 7.61. The van der Waals surface area contributed by atoms with Crippen LogP contribution in [-0.2, 0) is 18.4 Å². The SMILES string of the molecule is CCc1ccc(C(C)(C)CNC(=O)c2coc(CN)c2)cc1.Cl. The van der Waals surface area contributed by atoms with Gasteiger partial charge in [0.05, 0.1) is 12.1 Å². The second-order valence-electron chi connectivity index (χ2n) is 6.12. The van der Waals surface area contributed by atoms with Gasteiger partial charge in [-0.2, -0.15) is 0 Å². The summed E-state index contributed by atoms with van der Waals surface area (Å²) in [5, 5.41) is 2.96. The maximum Gasteiger partial charge on any atom is 0.254 e. The van der Waals surface area contributed by atoms with Crippen LogP contribution in [0.4, 0.5) is 0 Å². The number of amides is 1. The molecule has 2 rings (SSSR count). The minimum atomic E-state index is -0.137. The van der Waals surface area contributed by atoms with Gasteiger partial charge in [-0.3, -0.25) is 4.79 Å². The zero-order valence-electron chi connectivity index (χ0n) is 13.9. The molecule has 23 heavy (non-hydrogen) atoms. The van der Waals surface area contributed by atoms with E-state index in [9.17, 15) is 4.79 Å². The molecule has 0 bridgehead atoms. The fraction of sp³-hybridized carbons (Fsp3) is 0.389. The number of nitrogens with two attached hydrogens (primary N) is 1. The summed E-state index contributed by atoms with van der Waals surface area (Å²) in [6.45, 7) is 7.23. The van der Waals surface area contributed by atoms with E-state index in [0.29, 0.717) is 24.4 Å². The third-order valence-corrected chi connectivity index (χ3v) is 3.95. The van der Waals surface area contributed by atoms with Gasteiger partial charge in [-0.1, -0.05) is 45.0 Å². The van der Waals surface area contributed by atoms with Crippen molar-refractivity contribution in [2.45, 2.75) is 39.2 Å². The average molecular weight is 337 g/mol. The lowest BCUT2D eigenvalue weighted by molar-refractivity contribution is 0.0945. The number of furan rings is 1. The number of hydrogen-bond acceptors (Lipinski definition) is 3. The molecule has 0 saturated heterocycles. The van der Waals surface area contributed by atoms with E-state index in [0.717, 1.165) is 6.42 Å². The molecule has 0 unspecified atom stereocenters. The summed E-state index contributed by atoms with van der Waals surface area (Å²) in [7, 11) is 0. The Labute approximate surface area is 143 Å². The molecule has 1 amide bonds. The van der Waals surface area contributed by atoms with E-state index in [1.807, 2.05) is 0 Å². The Morgan fingerprint density at radius 1 is 1.26 bits per heavy atom. The van der Waals surface area contributed by atoms with Crippen LogP contribution in [0.1, 0.15) is 48.0 Å². The molecule has 0 spiro atoms. The van der Waals surface area contributed by atoms with E-state index in [4.69, 9.17) is 10.2 Å². The van der Waals surface area contributed by atoms with Crippen LogP contribution in [0.15, 0.2) is 41.0 Å². The van der Waals surface area contributed by atoms with Crippen LogP contribution in [0.2, 0.25) is 0 Å². The quantitative estimate of drug-likeness (QED) is 0.849. The zero-order chi connectivity index (χ0) is 16.2. The molecule has 1 aromatic carbocycles. The molecule has 5 heteroatoms. The standard InChI is InChI=1S/C18H24N2O2.ClH/c1-4-13-5-7-15(8-6-13)18(2,3)12-20-17(21)14-9-16(10-19)22-11-14;/h5-9,11H,4,10,12,19H2,1-3H3,(H,20,21);1H. The number of hydrogen-bond donors (Lipinski definition) is 2. The number of benzene rings is 1. The topological polar surface area (TPSA) is 68.3 Å². The van der Waals surface area contributed by atoms with Crippen molar-refractivity contribution in [2.75, 3.05) is 6.54 Å². The summed E-state index contributed by atoms with van der Waals surface area (Å²) < 4.78 is 5.19. The van der Waals surface area contributed by atoms with Gasteiger partial charge in [-0.05, 0) is 23.6 Å². The molecule has 0 saturated carbocycles. The lowest BCUT2D eigenvalue weighted by atomic mass is 9.84. The van der Waals surface area contributed by atoms with Gasteiger partial charge < -0.3 is 15.5 Å². The number of rotatable bonds is 6. The Hall–Kier alpha value is -1.78. The highest BCUT2D eigenvalue weighted by Gasteiger charge is 2.22. The molecule has 0 fully saturated rings. The molecule has 0 aliphatic carbocycles. The minimum absolute atomic E-state index is 0. The lowest BCUT2D eigenvalue weighted by Crippen LogP contribution is -2.36. The Morgan fingerprint density at radius 2 is 1.91 bits per heavy atom. The smallest absolute Gasteiger partial charge is 0.254 e. The molecular weight excluding hydrogens is 312 g/mol. The van der Waals surface area contributed by atoms with Gasteiger partial charge in [0.1, 0.15) is 12.0 Å². The van der Waals surface area contributed by atoms with Crippen molar-refractivity contribution in [3.8, 4) is 0 Å². The summed E-state index contributed by atoms with van der Waals surface area (Å²) in [6.07, 6.45) is 2.47. The van der Waals surface area contributed by atoms with Gasteiger partial charge in [0, 0.05) is 12.0 Å². The van der Waals surface area contributed by atoms with E-state index in [1.54, 1.807) is 6.07 Å². The minimum Gasteiger partial charge on any atom is -0.467 e. The number of carbonyl (C=O) groups excluding carboxylic acids is 1. The van der Waals surface area contributed by atoms with Gasteiger partial charge in [-0.15, -0.1) is 12.4 Å². The Kier molecular flexibility index (Phi) is 6.85. The third kappa shape index (κ3) is 4.85.